The zero-order chi connectivity index (χ0) is 43.9. The zero-order valence-corrected chi connectivity index (χ0v) is 35.4. The van der Waals surface area contributed by atoms with Crippen LogP contribution in [-0.4, -0.2) is 79.4 Å². The van der Waals surface area contributed by atoms with Gasteiger partial charge in [0.05, 0.1) is 24.2 Å². The van der Waals surface area contributed by atoms with E-state index in [0.29, 0.717) is 22.4 Å². The third kappa shape index (κ3) is 13.4. The highest BCUT2D eigenvalue weighted by molar-refractivity contribution is 7.91. The Labute approximate surface area is 347 Å². The average Bonchev–Trinajstić information content (AvgIpc) is 3.62. The molecule has 4 atom stereocenters. The summed E-state index contributed by atoms with van der Waals surface area (Å²) in [5, 5.41) is 1.64. The van der Waals surface area contributed by atoms with E-state index in [1.807, 2.05) is 0 Å². The molecule has 1 saturated heterocycles. The van der Waals surface area contributed by atoms with Crippen molar-refractivity contribution in [2.45, 2.75) is 95.7 Å². The quantitative estimate of drug-likeness (QED) is 0.134. The first-order valence-corrected chi connectivity index (χ1v) is 21.2. The van der Waals surface area contributed by atoms with Crippen molar-refractivity contribution in [3.63, 3.8) is 0 Å². The molecule has 4 rings (SSSR count). The number of ether oxygens (including phenoxy) is 2. The molecule has 0 saturated carbocycles. The number of Topliss-reactive ketones (excluding diaryl/α,β-unsaturated/α-hetero) is 3. The number of benzene rings is 3. The van der Waals surface area contributed by atoms with Crippen LogP contribution >= 0.6 is 11.6 Å². The maximum absolute atomic E-state index is 14.7. The second kappa shape index (κ2) is 19.5. The third-order valence-corrected chi connectivity index (χ3v) is 12.4. The Morgan fingerprint density at radius 1 is 0.898 bits per heavy atom. The number of rotatable bonds is 17. The maximum atomic E-state index is 14.7. The van der Waals surface area contributed by atoms with Crippen molar-refractivity contribution in [3.8, 4) is 5.75 Å². The lowest BCUT2D eigenvalue weighted by atomic mass is 9.84. The minimum atomic E-state index is -5.22. The highest BCUT2D eigenvalue weighted by Gasteiger charge is 2.49. The van der Waals surface area contributed by atoms with Gasteiger partial charge in [0.25, 0.3) is 0 Å². The molecule has 1 aliphatic heterocycles. The Hall–Kier alpha value is -4.76. The van der Waals surface area contributed by atoms with Crippen molar-refractivity contribution >= 4 is 50.8 Å². The van der Waals surface area contributed by atoms with Gasteiger partial charge in [0.1, 0.15) is 11.4 Å². The predicted octanol–water partition coefficient (Wildman–Crippen LogP) is 7.75. The molecule has 2 amide bonds. The number of likely N-dealkylation sites (tertiary alicyclic amines) is 1. The molecule has 0 aromatic heterocycles. The van der Waals surface area contributed by atoms with Gasteiger partial charge in [-0.15, -0.1) is 0 Å². The van der Waals surface area contributed by atoms with Crippen LogP contribution in [0.1, 0.15) is 80.9 Å². The van der Waals surface area contributed by atoms with Crippen LogP contribution in [0, 0.1) is 17.8 Å². The number of alkyl carbamates (subject to hydrolysis) is 1. The molecule has 1 heterocycles. The van der Waals surface area contributed by atoms with E-state index in [-0.39, 0.29) is 30.0 Å². The summed E-state index contributed by atoms with van der Waals surface area (Å²) in [6.07, 6.45) is -7.57. The fourth-order valence-electron chi connectivity index (χ4n) is 6.92. The molecule has 16 heteroatoms. The lowest BCUT2D eigenvalue weighted by Gasteiger charge is -2.29. The molecule has 1 aliphatic rings. The Bertz CT molecular complexity index is 2100. The largest absolute Gasteiger partial charge is 0.497 e. The molecule has 0 unspecified atom stereocenters. The molecule has 0 spiro atoms. The lowest BCUT2D eigenvalue weighted by Crippen LogP contribution is -2.46. The highest BCUT2D eigenvalue weighted by Crippen LogP contribution is 2.34. The minimum Gasteiger partial charge on any atom is -0.497 e. The molecule has 0 radical (unpaired) electrons. The number of amides is 2. The van der Waals surface area contributed by atoms with Crippen LogP contribution in [0.25, 0.3) is 0 Å². The number of hydrogen-bond acceptors (Lipinski definition) is 9. The zero-order valence-electron chi connectivity index (χ0n) is 33.8. The Morgan fingerprint density at radius 3 is 2.07 bits per heavy atom. The average molecular weight is 863 g/mol. The Balaban J connectivity index is 1.69. The summed E-state index contributed by atoms with van der Waals surface area (Å²) in [5.41, 5.74) is 1.20. The predicted molar refractivity (Wildman–Crippen MR) is 216 cm³/mol. The Morgan fingerprint density at radius 2 is 1.51 bits per heavy atom. The van der Waals surface area contributed by atoms with Gasteiger partial charge in [-0.25, -0.2) is 13.2 Å². The van der Waals surface area contributed by atoms with Gasteiger partial charge < -0.3 is 19.7 Å². The smallest absolute Gasteiger partial charge is 0.450 e. The van der Waals surface area contributed by atoms with E-state index in [2.05, 4.69) is 5.32 Å². The van der Waals surface area contributed by atoms with Gasteiger partial charge in [0, 0.05) is 48.4 Å². The van der Waals surface area contributed by atoms with Crippen molar-refractivity contribution in [2.24, 2.45) is 17.8 Å². The van der Waals surface area contributed by atoms with E-state index in [4.69, 9.17) is 21.1 Å². The fourth-order valence-corrected chi connectivity index (χ4v) is 8.87. The van der Waals surface area contributed by atoms with Crippen molar-refractivity contribution in [3.05, 3.63) is 100 Å². The first-order valence-electron chi connectivity index (χ1n) is 19.1. The standard InChI is InChI=1S/C43H50ClF3N2O9S/c1-26(2)35(39(52)43(45,46)47)22-38(51)36-21-34(59(55,56)25-29-14-16-33(57-6)17-15-29)24-49(36)40(53)31(20-37(50)30-8-7-9-32(44)19-30)18-27-10-12-28(13-11-27)23-48-41(54)58-42(3,4)5/h7-17,19,26,31,34-36H,18,20-25H2,1-6H3,(H,48,54)/t31-,34-,35+,36+/m1/s1. The summed E-state index contributed by atoms with van der Waals surface area (Å²) >= 11 is 6.16. The highest BCUT2D eigenvalue weighted by atomic mass is 35.5. The van der Waals surface area contributed by atoms with Gasteiger partial charge in [-0.05, 0) is 80.5 Å². The number of halogens is 4. The molecule has 320 valence electrons. The molecule has 1 N–H and O–H groups in total. The fraction of sp³-hybridized carbons (Fsp3) is 0.465. The van der Waals surface area contributed by atoms with E-state index >= 15 is 0 Å². The van der Waals surface area contributed by atoms with Crippen LogP contribution in [0.5, 0.6) is 5.75 Å². The topological polar surface area (TPSA) is 153 Å². The van der Waals surface area contributed by atoms with Gasteiger partial charge >= 0.3 is 12.3 Å². The van der Waals surface area contributed by atoms with Crippen LogP contribution in [0.3, 0.4) is 0 Å². The van der Waals surface area contributed by atoms with Crippen LogP contribution < -0.4 is 10.1 Å². The van der Waals surface area contributed by atoms with E-state index in [1.165, 1.54) is 33.1 Å². The molecule has 3 aromatic rings. The van der Waals surface area contributed by atoms with Gasteiger partial charge in [-0.3, -0.25) is 19.2 Å². The minimum absolute atomic E-state index is 0.0488. The SMILES string of the molecule is COc1ccc(CS(=O)(=O)[C@@H]2C[C@@H](C(=O)C[C@H](C(=O)C(F)(F)F)C(C)C)N(C(=O)[C@@H](CC(=O)c3cccc(Cl)c3)Cc3ccc(CNC(=O)OC(C)(C)C)cc3)C2)cc1. The number of carbonyl (C=O) groups is 5. The molecule has 11 nitrogen and oxygen atoms in total. The van der Waals surface area contributed by atoms with E-state index < -0.39 is 105 Å². The summed E-state index contributed by atoms with van der Waals surface area (Å²) in [4.78, 5) is 68.2. The second-order valence-corrected chi connectivity index (χ2v) is 18.8. The van der Waals surface area contributed by atoms with Gasteiger partial charge in [-0.2, -0.15) is 13.2 Å². The molecule has 59 heavy (non-hydrogen) atoms. The van der Waals surface area contributed by atoms with Crippen LogP contribution in [-0.2, 0) is 47.7 Å². The molecular formula is C43H50ClF3N2O9S. The van der Waals surface area contributed by atoms with Crippen molar-refractivity contribution < 1.29 is 55.0 Å². The number of carbonyl (C=O) groups excluding carboxylic acids is 5. The van der Waals surface area contributed by atoms with Crippen molar-refractivity contribution in [1.29, 1.82) is 0 Å². The summed E-state index contributed by atoms with van der Waals surface area (Å²) in [6.45, 7) is 7.60. The first-order chi connectivity index (χ1) is 27.5. The maximum Gasteiger partial charge on any atom is 0.450 e. The number of sulfone groups is 1. The number of methoxy groups -OCH3 is 1. The van der Waals surface area contributed by atoms with Gasteiger partial charge in [0.15, 0.2) is 21.4 Å². The lowest BCUT2D eigenvalue weighted by molar-refractivity contribution is -0.177. The monoisotopic (exact) mass is 862 g/mol. The van der Waals surface area contributed by atoms with Crippen LogP contribution in [0.4, 0.5) is 18.0 Å². The number of hydrogen-bond donors (Lipinski definition) is 1. The third-order valence-electron chi connectivity index (χ3n) is 10.1. The molecular weight excluding hydrogens is 813 g/mol. The number of alkyl halides is 3. The summed E-state index contributed by atoms with van der Waals surface area (Å²) < 4.78 is 79.2. The molecule has 0 bridgehead atoms. The normalized spacial score (nSPS) is 17.0. The molecule has 1 fully saturated rings. The van der Waals surface area contributed by atoms with E-state index in [0.717, 1.165) is 4.90 Å². The summed E-state index contributed by atoms with van der Waals surface area (Å²) in [5.74, 6) is -8.00. The van der Waals surface area contributed by atoms with E-state index in [1.54, 1.807) is 81.4 Å². The van der Waals surface area contributed by atoms with Crippen LogP contribution in [0.15, 0.2) is 72.8 Å². The van der Waals surface area contributed by atoms with Crippen molar-refractivity contribution in [2.75, 3.05) is 13.7 Å². The molecule has 3 aromatic carbocycles. The number of ketones is 3. The van der Waals surface area contributed by atoms with Crippen molar-refractivity contribution in [1.82, 2.24) is 10.2 Å². The number of nitrogens with zero attached hydrogens (tertiary/aromatic N) is 1. The number of nitrogens with one attached hydrogen (secondary N) is 1. The van der Waals surface area contributed by atoms with Gasteiger partial charge in [-0.1, -0.05) is 74.0 Å². The molecule has 0 aliphatic carbocycles. The first kappa shape index (κ1) is 46.9. The van der Waals surface area contributed by atoms with E-state index in [9.17, 15) is 45.6 Å². The van der Waals surface area contributed by atoms with Crippen LogP contribution in [0.2, 0.25) is 5.02 Å². The summed E-state index contributed by atoms with van der Waals surface area (Å²) in [7, 11) is -2.63. The summed E-state index contributed by atoms with van der Waals surface area (Å²) in [6, 6.07) is 17.7. The van der Waals surface area contributed by atoms with Gasteiger partial charge in [0.2, 0.25) is 11.7 Å². The second-order valence-electron chi connectivity index (χ2n) is 16.1. The Kier molecular flexibility index (Phi) is 15.5.